The molecule has 3 N–H and O–H groups in total. The molecule has 0 saturated carbocycles. The van der Waals surface area contributed by atoms with Gasteiger partial charge in [0.1, 0.15) is 0 Å². The lowest BCUT2D eigenvalue weighted by molar-refractivity contribution is 0.262. The molecule has 5 heteroatoms. The number of halogens is 1. The largest absolute Gasteiger partial charge is 0.355 e. The second-order valence-electron chi connectivity index (χ2n) is 6.82. The number of amides is 2. The van der Waals surface area contributed by atoms with Crippen LogP contribution in [0, 0.1) is 13.8 Å². The van der Waals surface area contributed by atoms with Gasteiger partial charge in [-0.05, 0) is 67.4 Å². The minimum Gasteiger partial charge on any atom is -0.355 e. The zero-order chi connectivity index (χ0) is 19.7. The number of aryl methyl sites for hydroxylation is 1. The molecule has 0 aliphatic carbocycles. The van der Waals surface area contributed by atoms with Crippen molar-refractivity contribution < 1.29 is 4.79 Å². The van der Waals surface area contributed by atoms with Crippen molar-refractivity contribution in [2.75, 3.05) is 10.6 Å². The van der Waals surface area contributed by atoms with Gasteiger partial charge in [0.2, 0.25) is 0 Å². The Hall–Kier alpha value is -3.24. The number of hydrogen-bond donors (Lipinski definition) is 3. The molecule has 0 atom stereocenters. The van der Waals surface area contributed by atoms with Gasteiger partial charge >= 0.3 is 6.03 Å². The number of H-pyrrole nitrogens is 1. The summed E-state index contributed by atoms with van der Waals surface area (Å²) >= 11 is 6.08. The first kappa shape index (κ1) is 18.1. The number of rotatable bonds is 3. The number of nitrogens with one attached hydrogen (secondary N) is 3. The molecule has 0 spiro atoms. The Morgan fingerprint density at radius 3 is 2.61 bits per heavy atom. The SMILES string of the molecule is Cc1cccc(NC(=O)Nc2cccc(-c3cc4cc(Cl)ccc4[nH]3)c2)c1C. The molecule has 0 unspecified atom stereocenters. The molecule has 4 aromatic rings. The summed E-state index contributed by atoms with van der Waals surface area (Å²) in [6, 6.07) is 21.1. The molecule has 140 valence electrons. The van der Waals surface area contributed by atoms with E-state index >= 15 is 0 Å². The van der Waals surface area contributed by atoms with E-state index in [-0.39, 0.29) is 6.03 Å². The number of carbonyl (C=O) groups is 1. The van der Waals surface area contributed by atoms with Crippen molar-refractivity contribution in [2.45, 2.75) is 13.8 Å². The third kappa shape index (κ3) is 3.73. The third-order valence-electron chi connectivity index (χ3n) is 4.87. The second-order valence-corrected chi connectivity index (χ2v) is 7.26. The van der Waals surface area contributed by atoms with E-state index in [9.17, 15) is 4.79 Å². The van der Waals surface area contributed by atoms with E-state index in [0.29, 0.717) is 5.02 Å². The van der Waals surface area contributed by atoms with Crippen molar-refractivity contribution >= 4 is 39.9 Å². The van der Waals surface area contributed by atoms with Gasteiger partial charge in [0.15, 0.2) is 0 Å². The highest BCUT2D eigenvalue weighted by molar-refractivity contribution is 6.31. The number of anilines is 2. The molecule has 0 radical (unpaired) electrons. The molecule has 0 saturated heterocycles. The van der Waals surface area contributed by atoms with Crippen molar-refractivity contribution in [3.8, 4) is 11.3 Å². The average molecular weight is 390 g/mol. The first-order chi connectivity index (χ1) is 13.5. The van der Waals surface area contributed by atoms with Crippen LogP contribution in [0.15, 0.2) is 66.7 Å². The number of aromatic amines is 1. The summed E-state index contributed by atoms with van der Waals surface area (Å²) < 4.78 is 0. The average Bonchev–Trinajstić information content (AvgIpc) is 3.09. The molecule has 2 amide bonds. The lowest BCUT2D eigenvalue weighted by Crippen LogP contribution is -2.20. The minimum absolute atomic E-state index is 0.269. The number of urea groups is 1. The van der Waals surface area contributed by atoms with Crippen molar-refractivity contribution in [1.29, 1.82) is 0 Å². The summed E-state index contributed by atoms with van der Waals surface area (Å²) in [6.45, 7) is 4.02. The van der Waals surface area contributed by atoms with Crippen LogP contribution in [0.25, 0.3) is 22.2 Å². The fourth-order valence-corrected chi connectivity index (χ4v) is 3.38. The molecule has 0 aliphatic rings. The van der Waals surface area contributed by atoms with Gasteiger partial charge in [0, 0.05) is 38.6 Å². The van der Waals surface area contributed by atoms with Crippen LogP contribution in [-0.4, -0.2) is 11.0 Å². The van der Waals surface area contributed by atoms with Crippen LogP contribution in [0.4, 0.5) is 16.2 Å². The maximum Gasteiger partial charge on any atom is 0.323 e. The van der Waals surface area contributed by atoms with Crippen LogP contribution >= 0.6 is 11.6 Å². The number of aromatic nitrogens is 1. The highest BCUT2D eigenvalue weighted by Crippen LogP contribution is 2.28. The van der Waals surface area contributed by atoms with E-state index < -0.39 is 0 Å². The lowest BCUT2D eigenvalue weighted by Gasteiger charge is -2.12. The van der Waals surface area contributed by atoms with Gasteiger partial charge in [-0.15, -0.1) is 0 Å². The quantitative estimate of drug-likeness (QED) is 0.356. The topological polar surface area (TPSA) is 56.9 Å². The fraction of sp³-hybridized carbons (Fsp3) is 0.0870. The molecule has 0 bridgehead atoms. The summed E-state index contributed by atoms with van der Waals surface area (Å²) in [5.41, 5.74) is 6.69. The highest BCUT2D eigenvalue weighted by atomic mass is 35.5. The van der Waals surface area contributed by atoms with Crippen LogP contribution in [0.3, 0.4) is 0 Å². The number of hydrogen-bond acceptors (Lipinski definition) is 1. The maximum absolute atomic E-state index is 12.4. The molecule has 0 aliphatic heterocycles. The Morgan fingerprint density at radius 1 is 0.929 bits per heavy atom. The van der Waals surface area contributed by atoms with E-state index in [0.717, 1.165) is 44.7 Å². The third-order valence-corrected chi connectivity index (χ3v) is 5.10. The minimum atomic E-state index is -0.269. The summed E-state index contributed by atoms with van der Waals surface area (Å²) in [5.74, 6) is 0. The van der Waals surface area contributed by atoms with E-state index in [1.54, 1.807) is 0 Å². The Kier molecular flexibility index (Phi) is 4.80. The zero-order valence-electron chi connectivity index (χ0n) is 15.6. The van der Waals surface area contributed by atoms with Crippen LogP contribution in [-0.2, 0) is 0 Å². The standard InChI is InChI=1S/C23H20ClN3O/c1-14-5-3-8-20(15(14)2)27-23(28)25-19-7-4-6-16(12-19)22-13-17-11-18(24)9-10-21(17)26-22/h3-13,26H,1-2H3,(H2,25,27,28). The predicted octanol–water partition coefficient (Wildman–Crippen LogP) is 6.75. The lowest BCUT2D eigenvalue weighted by atomic mass is 10.1. The van der Waals surface area contributed by atoms with Gasteiger partial charge in [-0.3, -0.25) is 0 Å². The smallest absolute Gasteiger partial charge is 0.323 e. The van der Waals surface area contributed by atoms with Gasteiger partial charge in [-0.25, -0.2) is 4.79 Å². The molecule has 28 heavy (non-hydrogen) atoms. The predicted molar refractivity (Wildman–Crippen MR) is 117 cm³/mol. The molecule has 4 nitrogen and oxygen atoms in total. The van der Waals surface area contributed by atoms with Gasteiger partial charge in [-0.2, -0.15) is 0 Å². The van der Waals surface area contributed by atoms with Gasteiger partial charge in [0.05, 0.1) is 0 Å². The number of carbonyl (C=O) groups excluding carboxylic acids is 1. The summed E-state index contributed by atoms with van der Waals surface area (Å²) in [6.07, 6.45) is 0. The van der Waals surface area contributed by atoms with Crippen molar-refractivity contribution in [3.05, 3.63) is 82.9 Å². The number of fused-ring (bicyclic) bond motifs is 1. The van der Waals surface area contributed by atoms with Gasteiger partial charge in [0.25, 0.3) is 0 Å². The Labute approximate surface area is 168 Å². The number of benzene rings is 3. The molecule has 3 aromatic carbocycles. The van der Waals surface area contributed by atoms with Gasteiger partial charge < -0.3 is 15.6 Å². The van der Waals surface area contributed by atoms with Crippen LogP contribution in [0.2, 0.25) is 5.02 Å². The molecule has 1 aromatic heterocycles. The molecular formula is C23H20ClN3O. The summed E-state index contributed by atoms with van der Waals surface area (Å²) in [4.78, 5) is 15.8. The van der Waals surface area contributed by atoms with Crippen molar-refractivity contribution in [3.63, 3.8) is 0 Å². The summed E-state index contributed by atoms with van der Waals surface area (Å²) in [5, 5.41) is 7.57. The molecule has 1 heterocycles. The molecule has 0 fully saturated rings. The van der Waals surface area contributed by atoms with E-state index in [1.807, 2.05) is 74.5 Å². The molecule has 4 rings (SSSR count). The van der Waals surface area contributed by atoms with Gasteiger partial charge in [-0.1, -0.05) is 35.9 Å². The van der Waals surface area contributed by atoms with E-state index in [2.05, 4.69) is 21.7 Å². The van der Waals surface area contributed by atoms with Crippen LogP contribution < -0.4 is 10.6 Å². The van der Waals surface area contributed by atoms with Crippen LogP contribution in [0.5, 0.6) is 0 Å². The summed E-state index contributed by atoms with van der Waals surface area (Å²) in [7, 11) is 0. The Bertz CT molecular complexity index is 1180. The normalized spacial score (nSPS) is 10.8. The highest BCUT2D eigenvalue weighted by Gasteiger charge is 2.08. The first-order valence-electron chi connectivity index (χ1n) is 9.02. The van der Waals surface area contributed by atoms with Crippen molar-refractivity contribution in [2.24, 2.45) is 0 Å². The Balaban J connectivity index is 1.54. The van der Waals surface area contributed by atoms with E-state index in [1.165, 1.54) is 0 Å². The van der Waals surface area contributed by atoms with Crippen molar-refractivity contribution in [1.82, 2.24) is 4.98 Å². The monoisotopic (exact) mass is 389 g/mol. The van der Waals surface area contributed by atoms with E-state index in [4.69, 9.17) is 11.6 Å². The Morgan fingerprint density at radius 2 is 1.75 bits per heavy atom. The fourth-order valence-electron chi connectivity index (χ4n) is 3.19. The zero-order valence-corrected chi connectivity index (χ0v) is 16.4. The van der Waals surface area contributed by atoms with Crippen LogP contribution in [0.1, 0.15) is 11.1 Å². The molecular weight excluding hydrogens is 370 g/mol. The maximum atomic E-state index is 12.4. The first-order valence-corrected chi connectivity index (χ1v) is 9.40. The second kappa shape index (κ2) is 7.41.